The zero-order valence-corrected chi connectivity index (χ0v) is 21.6. The quantitative estimate of drug-likeness (QED) is 0.433. The number of hydrogen-bond acceptors (Lipinski definition) is 8. The van der Waals surface area contributed by atoms with Crippen molar-refractivity contribution in [1.82, 2.24) is 35.6 Å². The maximum absolute atomic E-state index is 13.6. The number of pyridine rings is 1. The maximum Gasteiger partial charge on any atom is 0.270 e. The molecule has 0 aliphatic heterocycles. The highest BCUT2D eigenvalue weighted by Crippen LogP contribution is 2.53. The van der Waals surface area contributed by atoms with Gasteiger partial charge in [-0.1, -0.05) is 16.8 Å². The highest BCUT2D eigenvalue weighted by molar-refractivity contribution is 7.98. The first-order valence-electron chi connectivity index (χ1n) is 11.5. The summed E-state index contributed by atoms with van der Waals surface area (Å²) in [7, 11) is 0. The van der Waals surface area contributed by atoms with Crippen LogP contribution in [0, 0.1) is 5.92 Å². The van der Waals surface area contributed by atoms with Crippen molar-refractivity contribution in [1.29, 1.82) is 0 Å². The Balaban J connectivity index is 1.33. The van der Waals surface area contributed by atoms with E-state index in [2.05, 4.69) is 30.9 Å². The number of rotatable bonds is 9. The van der Waals surface area contributed by atoms with Crippen LogP contribution in [0.4, 0.5) is 0 Å². The first-order valence-corrected chi connectivity index (χ1v) is 14.2. The summed E-state index contributed by atoms with van der Waals surface area (Å²) in [5.41, 5.74) is 3.09. The summed E-state index contributed by atoms with van der Waals surface area (Å²) in [5.74, 6) is 0.673. The number of carbonyl (C=O) groups is 2. The van der Waals surface area contributed by atoms with Crippen LogP contribution in [0.3, 0.4) is 0 Å². The predicted octanol–water partition coefficient (Wildman–Crippen LogP) is 3.60. The zero-order valence-electron chi connectivity index (χ0n) is 19.2. The molecule has 3 heterocycles. The third-order valence-corrected chi connectivity index (χ3v) is 8.40. The molecule has 35 heavy (non-hydrogen) atoms. The van der Waals surface area contributed by atoms with Crippen LogP contribution in [0.15, 0.2) is 35.4 Å². The fourth-order valence-corrected chi connectivity index (χ4v) is 6.44. The van der Waals surface area contributed by atoms with Gasteiger partial charge in [0.1, 0.15) is 23.1 Å². The van der Waals surface area contributed by atoms with Crippen LogP contribution in [0.2, 0.25) is 5.02 Å². The lowest BCUT2D eigenvalue weighted by atomic mass is 9.88. The molecule has 3 aromatic heterocycles. The first-order chi connectivity index (χ1) is 17.0. The Labute approximate surface area is 216 Å². The topological polar surface area (TPSA) is 115 Å². The van der Waals surface area contributed by atoms with Crippen molar-refractivity contribution in [3.8, 4) is 11.4 Å². The second-order valence-electron chi connectivity index (χ2n) is 9.13. The van der Waals surface area contributed by atoms with E-state index in [0.29, 0.717) is 17.4 Å². The van der Waals surface area contributed by atoms with Gasteiger partial charge in [0.25, 0.3) is 5.91 Å². The van der Waals surface area contributed by atoms with Gasteiger partial charge in [0.05, 0.1) is 23.3 Å². The number of thiazole rings is 1. The van der Waals surface area contributed by atoms with E-state index in [1.54, 1.807) is 23.3 Å². The fraction of sp³-hybridized carbons (Fsp3) is 0.478. The maximum atomic E-state index is 13.6. The molecule has 2 bridgehead atoms. The molecule has 5 rings (SSSR count). The van der Waals surface area contributed by atoms with Gasteiger partial charge < -0.3 is 10.6 Å². The predicted molar refractivity (Wildman–Crippen MR) is 136 cm³/mol. The van der Waals surface area contributed by atoms with Crippen LogP contribution >= 0.6 is 34.7 Å². The van der Waals surface area contributed by atoms with Gasteiger partial charge in [-0.05, 0) is 62.2 Å². The number of nitrogens with zero attached hydrogens (tertiary/aromatic N) is 5. The number of thioether (sulfide) groups is 1. The molecule has 184 valence electrons. The van der Waals surface area contributed by atoms with Crippen LogP contribution in [0.25, 0.3) is 11.4 Å². The molecule has 12 heteroatoms. The molecule has 9 nitrogen and oxygen atoms in total. The van der Waals surface area contributed by atoms with Crippen molar-refractivity contribution >= 4 is 46.5 Å². The second-order valence-corrected chi connectivity index (χ2v) is 11.3. The summed E-state index contributed by atoms with van der Waals surface area (Å²) in [6, 6.07) is 2.44. The van der Waals surface area contributed by atoms with E-state index in [0.717, 1.165) is 42.8 Å². The van der Waals surface area contributed by atoms with Crippen LogP contribution in [0.1, 0.15) is 48.6 Å². The van der Waals surface area contributed by atoms with Gasteiger partial charge in [-0.3, -0.25) is 14.6 Å². The van der Waals surface area contributed by atoms with Gasteiger partial charge in [-0.15, -0.1) is 16.4 Å². The Morgan fingerprint density at radius 3 is 3.00 bits per heavy atom. The largest absolute Gasteiger partial charge is 0.347 e. The van der Waals surface area contributed by atoms with Gasteiger partial charge >= 0.3 is 0 Å². The highest BCUT2D eigenvalue weighted by atomic mass is 35.5. The van der Waals surface area contributed by atoms with E-state index in [1.165, 1.54) is 23.6 Å². The van der Waals surface area contributed by atoms with E-state index in [-0.39, 0.29) is 17.6 Å². The minimum absolute atomic E-state index is 0.0107. The lowest BCUT2D eigenvalue weighted by Gasteiger charge is -2.37. The van der Waals surface area contributed by atoms with Crippen LogP contribution in [0.5, 0.6) is 0 Å². The summed E-state index contributed by atoms with van der Waals surface area (Å²) >= 11 is 9.16. The average molecular weight is 532 g/mol. The molecule has 2 amide bonds. The second kappa shape index (κ2) is 10.2. The van der Waals surface area contributed by atoms with Crippen molar-refractivity contribution in [2.24, 2.45) is 5.92 Å². The van der Waals surface area contributed by atoms with Gasteiger partial charge in [0.15, 0.2) is 0 Å². The summed E-state index contributed by atoms with van der Waals surface area (Å²) < 4.78 is 1.89. The average Bonchev–Trinajstić information content (AvgIpc) is 3.64. The van der Waals surface area contributed by atoms with Gasteiger partial charge in [-0.2, -0.15) is 11.8 Å². The van der Waals surface area contributed by atoms with E-state index in [1.807, 2.05) is 22.5 Å². The molecular weight excluding hydrogens is 506 g/mol. The van der Waals surface area contributed by atoms with Crippen LogP contribution < -0.4 is 10.6 Å². The van der Waals surface area contributed by atoms with Crippen molar-refractivity contribution in [3.63, 3.8) is 0 Å². The zero-order chi connectivity index (χ0) is 24.4. The third-order valence-electron chi connectivity index (χ3n) is 6.93. The Kier molecular flexibility index (Phi) is 7.08. The molecule has 3 aromatic rings. The Hall–Kier alpha value is -2.50. The summed E-state index contributed by atoms with van der Waals surface area (Å²) in [4.78, 5) is 34.8. The number of hydrogen-bond donors (Lipinski definition) is 2. The molecule has 0 radical (unpaired) electrons. The van der Waals surface area contributed by atoms with Crippen LogP contribution in [-0.2, 0) is 4.79 Å². The molecule has 0 spiro atoms. The van der Waals surface area contributed by atoms with Crippen LogP contribution in [-0.4, -0.2) is 60.4 Å². The van der Waals surface area contributed by atoms with Crippen molar-refractivity contribution < 1.29 is 9.59 Å². The fourth-order valence-electron chi connectivity index (χ4n) is 5.27. The molecule has 2 saturated carbocycles. The Morgan fingerprint density at radius 1 is 1.37 bits per heavy atom. The number of halogens is 1. The first kappa shape index (κ1) is 24.2. The Bertz CT molecular complexity index is 1200. The summed E-state index contributed by atoms with van der Waals surface area (Å²) in [5, 5.41) is 17.3. The van der Waals surface area contributed by atoms with Gasteiger partial charge in [-0.25, -0.2) is 9.67 Å². The SMILES string of the molecule is CSCCC(NC(=O)c1cc(Cl)ccn1)C(=O)NC12CCC(CC1n1cc(-c3cscn3)nn1)C2. The summed E-state index contributed by atoms with van der Waals surface area (Å²) in [6.07, 6.45) is 9.67. The monoisotopic (exact) mass is 531 g/mol. The minimum Gasteiger partial charge on any atom is -0.347 e. The lowest BCUT2D eigenvalue weighted by molar-refractivity contribution is -0.125. The minimum atomic E-state index is -0.674. The van der Waals surface area contributed by atoms with Gasteiger partial charge in [0, 0.05) is 16.6 Å². The number of carbonyl (C=O) groups excluding carboxylic acids is 2. The number of amides is 2. The normalized spacial score (nSPS) is 23.8. The number of aromatic nitrogens is 5. The highest BCUT2D eigenvalue weighted by Gasteiger charge is 2.54. The summed E-state index contributed by atoms with van der Waals surface area (Å²) in [6.45, 7) is 0. The van der Waals surface area contributed by atoms with Gasteiger partial charge in [0.2, 0.25) is 5.91 Å². The molecule has 2 aliphatic carbocycles. The van der Waals surface area contributed by atoms with Crippen molar-refractivity contribution in [2.75, 3.05) is 12.0 Å². The third kappa shape index (κ3) is 5.07. The molecule has 4 atom stereocenters. The van der Waals surface area contributed by atoms with E-state index >= 15 is 0 Å². The molecule has 2 fully saturated rings. The lowest BCUT2D eigenvalue weighted by Crippen LogP contribution is -2.57. The van der Waals surface area contributed by atoms with Crippen molar-refractivity contribution in [3.05, 3.63) is 46.1 Å². The number of nitrogens with one attached hydrogen (secondary N) is 2. The van der Waals surface area contributed by atoms with E-state index in [9.17, 15) is 9.59 Å². The molecule has 4 unspecified atom stereocenters. The van der Waals surface area contributed by atoms with Crippen molar-refractivity contribution in [2.45, 2.75) is 49.7 Å². The van der Waals surface area contributed by atoms with E-state index in [4.69, 9.17) is 11.6 Å². The molecule has 2 N–H and O–H groups in total. The molecule has 2 aliphatic rings. The smallest absolute Gasteiger partial charge is 0.270 e. The Morgan fingerprint density at radius 2 is 2.26 bits per heavy atom. The molecule has 0 saturated heterocycles. The van der Waals surface area contributed by atoms with E-state index < -0.39 is 17.5 Å². The number of fused-ring (bicyclic) bond motifs is 2. The standard InChI is InChI=1S/C23H26ClN7O2S2/c1-34-7-4-16(27-21(32)17-9-15(24)3-6-25-17)22(33)28-23-5-2-14(10-23)8-20(23)31-11-18(29-30-31)19-12-35-13-26-19/h3,6,9,11-14,16,20H,2,4-5,7-8,10H2,1H3,(H,27,32)(H,28,33). The molecular formula is C23H26ClN7O2S2. The molecule has 0 aromatic carbocycles.